The molecule has 2 nitrogen and oxygen atoms in total. The first kappa shape index (κ1) is 34.8. The Balaban J connectivity index is 0.989. The molecule has 0 fully saturated rings. The average Bonchev–Trinajstić information content (AvgIpc) is 3.94. The minimum absolute atomic E-state index is 0.0484. The van der Waals surface area contributed by atoms with Crippen molar-refractivity contribution < 1.29 is 4.42 Å². The van der Waals surface area contributed by atoms with Gasteiger partial charge in [-0.25, -0.2) is 0 Å². The number of nitrogens with zero attached hydrogens (tertiary/aromatic N) is 1. The molecule has 1 aliphatic rings. The highest BCUT2D eigenvalue weighted by Gasteiger charge is 2.35. The highest BCUT2D eigenvalue weighted by atomic mass is 32.1. The van der Waals surface area contributed by atoms with E-state index in [9.17, 15) is 0 Å². The molecule has 0 N–H and O–H groups in total. The van der Waals surface area contributed by atoms with Gasteiger partial charge in [-0.1, -0.05) is 153 Å². The first-order chi connectivity index (χ1) is 29.5. The van der Waals surface area contributed by atoms with Gasteiger partial charge in [0, 0.05) is 58.9 Å². The minimum Gasteiger partial charge on any atom is -0.455 e. The second-order valence-electron chi connectivity index (χ2n) is 16.5. The van der Waals surface area contributed by atoms with Crippen LogP contribution in [0.5, 0.6) is 0 Å². The van der Waals surface area contributed by atoms with Crippen LogP contribution in [0.1, 0.15) is 25.0 Å². The van der Waals surface area contributed by atoms with E-state index in [0.29, 0.717) is 0 Å². The number of para-hydroxylation sites is 3. The van der Waals surface area contributed by atoms with E-state index in [1.807, 2.05) is 23.5 Å². The number of furan rings is 1. The fraction of sp³-hybridized carbons (Fsp3) is 0.0526. The summed E-state index contributed by atoms with van der Waals surface area (Å²) in [6.45, 7) is 4.69. The molecule has 0 amide bonds. The van der Waals surface area contributed by atoms with Crippen molar-refractivity contribution in [2.24, 2.45) is 0 Å². The van der Waals surface area contributed by atoms with Crippen LogP contribution in [0.15, 0.2) is 205 Å². The summed E-state index contributed by atoms with van der Waals surface area (Å²) in [5.41, 5.74) is 17.5. The maximum absolute atomic E-state index is 6.46. The predicted molar refractivity (Wildman–Crippen MR) is 255 cm³/mol. The van der Waals surface area contributed by atoms with Crippen LogP contribution in [-0.2, 0) is 5.41 Å². The molecule has 60 heavy (non-hydrogen) atoms. The van der Waals surface area contributed by atoms with Crippen LogP contribution in [0.25, 0.3) is 86.6 Å². The van der Waals surface area contributed by atoms with E-state index in [4.69, 9.17) is 4.42 Å². The van der Waals surface area contributed by atoms with Gasteiger partial charge in [-0.2, -0.15) is 0 Å². The van der Waals surface area contributed by atoms with Crippen molar-refractivity contribution in [2.75, 3.05) is 4.90 Å². The Morgan fingerprint density at radius 1 is 0.400 bits per heavy atom. The van der Waals surface area contributed by atoms with Gasteiger partial charge in [-0.05, 0) is 105 Å². The molecule has 3 heteroatoms. The zero-order chi connectivity index (χ0) is 40.0. The summed E-state index contributed by atoms with van der Waals surface area (Å²) in [6, 6.07) is 73.2. The van der Waals surface area contributed by atoms with Crippen molar-refractivity contribution >= 4 is 70.5 Å². The molecule has 11 aromatic rings. The molecule has 0 saturated heterocycles. The van der Waals surface area contributed by atoms with Gasteiger partial charge in [0.1, 0.15) is 11.2 Å². The van der Waals surface area contributed by atoms with E-state index in [1.165, 1.54) is 64.7 Å². The van der Waals surface area contributed by atoms with Gasteiger partial charge in [0.05, 0.1) is 5.69 Å². The van der Waals surface area contributed by atoms with E-state index < -0.39 is 0 Å². The number of benzene rings is 9. The standard InChI is InChI=1S/C57H39NOS/c1-57(2)50-18-7-3-13-44(50)48-35-39(26-32-51(48)57)42-12-4-8-19-52(42)58(40-28-22-36(23-29-40)38-27-33-55-49(34-38)46-15-6-10-21-54(46)60-55)41-30-24-37(25-31-41)43-16-11-17-47-45-14-5-9-20-53(45)59-56(43)47/h3-35H,1-2H3. The van der Waals surface area contributed by atoms with Gasteiger partial charge in [0.15, 0.2) is 0 Å². The third-order valence-corrected chi connectivity index (χ3v) is 13.9. The Morgan fingerprint density at radius 3 is 1.83 bits per heavy atom. The Morgan fingerprint density at radius 2 is 1.00 bits per heavy atom. The van der Waals surface area contributed by atoms with Crippen LogP contribution in [0.4, 0.5) is 17.1 Å². The first-order valence-corrected chi connectivity index (χ1v) is 21.5. The molecule has 0 atom stereocenters. The summed E-state index contributed by atoms with van der Waals surface area (Å²) in [6.07, 6.45) is 0. The fourth-order valence-electron chi connectivity index (χ4n) is 9.70. The Hall–Kier alpha value is -7.20. The van der Waals surface area contributed by atoms with Gasteiger partial charge in [0.2, 0.25) is 0 Å². The largest absolute Gasteiger partial charge is 0.455 e. The summed E-state index contributed by atoms with van der Waals surface area (Å²) >= 11 is 1.86. The molecule has 12 rings (SSSR count). The molecule has 0 unspecified atom stereocenters. The number of rotatable bonds is 6. The van der Waals surface area contributed by atoms with E-state index in [1.54, 1.807) is 0 Å². The van der Waals surface area contributed by atoms with E-state index in [2.05, 4.69) is 207 Å². The number of anilines is 3. The minimum atomic E-state index is -0.0484. The molecule has 9 aromatic carbocycles. The molecule has 284 valence electrons. The number of hydrogen-bond acceptors (Lipinski definition) is 3. The molecule has 2 heterocycles. The zero-order valence-electron chi connectivity index (χ0n) is 33.3. The van der Waals surface area contributed by atoms with Gasteiger partial charge in [0.25, 0.3) is 0 Å². The highest BCUT2D eigenvalue weighted by molar-refractivity contribution is 7.25. The van der Waals surface area contributed by atoms with Crippen molar-refractivity contribution in [2.45, 2.75) is 19.3 Å². The molecular weight excluding hydrogens is 747 g/mol. The van der Waals surface area contributed by atoms with Crippen molar-refractivity contribution in [1.82, 2.24) is 0 Å². The van der Waals surface area contributed by atoms with Crippen LogP contribution < -0.4 is 4.90 Å². The normalized spacial score (nSPS) is 13.0. The first-order valence-electron chi connectivity index (χ1n) is 20.7. The maximum atomic E-state index is 6.46. The fourth-order valence-corrected chi connectivity index (χ4v) is 10.8. The van der Waals surface area contributed by atoms with Crippen LogP contribution in [-0.4, -0.2) is 0 Å². The second-order valence-corrected chi connectivity index (χ2v) is 17.6. The molecule has 0 radical (unpaired) electrons. The quantitative estimate of drug-likeness (QED) is 0.167. The predicted octanol–water partition coefficient (Wildman–Crippen LogP) is 16.7. The van der Waals surface area contributed by atoms with E-state index >= 15 is 0 Å². The molecule has 0 aliphatic heterocycles. The highest BCUT2D eigenvalue weighted by Crippen LogP contribution is 2.51. The summed E-state index contributed by atoms with van der Waals surface area (Å²) in [4.78, 5) is 2.41. The monoisotopic (exact) mass is 785 g/mol. The van der Waals surface area contributed by atoms with Crippen molar-refractivity contribution in [3.8, 4) is 44.5 Å². The smallest absolute Gasteiger partial charge is 0.143 e. The lowest BCUT2D eigenvalue weighted by atomic mass is 9.82. The molecule has 0 saturated carbocycles. The third kappa shape index (κ3) is 5.40. The van der Waals surface area contributed by atoms with Crippen molar-refractivity contribution in [3.05, 3.63) is 211 Å². The SMILES string of the molecule is CC1(C)c2ccccc2-c2cc(-c3ccccc3N(c3ccc(-c4ccc5sc6ccccc6c5c4)cc3)c3ccc(-c4cccc5c4oc4ccccc45)cc3)ccc21. The Labute approximate surface area is 353 Å². The van der Waals surface area contributed by atoms with Crippen molar-refractivity contribution in [1.29, 1.82) is 0 Å². The average molecular weight is 786 g/mol. The van der Waals surface area contributed by atoms with Gasteiger partial charge in [-0.15, -0.1) is 11.3 Å². The lowest BCUT2D eigenvalue weighted by molar-refractivity contribution is 0.660. The third-order valence-electron chi connectivity index (χ3n) is 12.7. The lowest BCUT2D eigenvalue weighted by Gasteiger charge is -2.28. The Bertz CT molecular complexity index is 3460. The van der Waals surface area contributed by atoms with Crippen LogP contribution in [0.3, 0.4) is 0 Å². The maximum Gasteiger partial charge on any atom is 0.143 e. The summed E-state index contributed by atoms with van der Waals surface area (Å²) < 4.78 is 9.11. The van der Waals surface area contributed by atoms with Crippen LogP contribution in [0, 0.1) is 0 Å². The van der Waals surface area contributed by atoms with E-state index in [-0.39, 0.29) is 5.41 Å². The van der Waals surface area contributed by atoms with Gasteiger partial charge in [-0.3, -0.25) is 0 Å². The van der Waals surface area contributed by atoms with Gasteiger partial charge >= 0.3 is 0 Å². The molecule has 0 bridgehead atoms. The molecule has 0 spiro atoms. The van der Waals surface area contributed by atoms with Crippen molar-refractivity contribution in [3.63, 3.8) is 0 Å². The van der Waals surface area contributed by atoms with E-state index in [0.717, 1.165) is 50.1 Å². The number of fused-ring (bicyclic) bond motifs is 9. The van der Waals surface area contributed by atoms with Gasteiger partial charge < -0.3 is 9.32 Å². The number of hydrogen-bond donors (Lipinski definition) is 0. The summed E-state index contributed by atoms with van der Waals surface area (Å²) in [5.74, 6) is 0. The second kappa shape index (κ2) is 13.4. The zero-order valence-corrected chi connectivity index (χ0v) is 34.1. The summed E-state index contributed by atoms with van der Waals surface area (Å²) in [5, 5.41) is 4.90. The van der Waals surface area contributed by atoms with Crippen LogP contribution >= 0.6 is 11.3 Å². The number of thiophene rings is 1. The Kier molecular flexibility index (Phi) is 7.79. The lowest BCUT2D eigenvalue weighted by Crippen LogP contribution is -2.14. The van der Waals surface area contributed by atoms with Crippen LogP contribution in [0.2, 0.25) is 0 Å². The topological polar surface area (TPSA) is 16.4 Å². The molecule has 2 aromatic heterocycles. The molecule has 1 aliphatic carbocycles. The summed E-state index contributed by atoms with van der Waals surface area (Å²) in [7, 11) is 0. The molecular formula is C57H39NOS.